The van der Waals surface area contributed by atoms with E-state index < -0.39 is 0 Å². The molecule has 0 amide bonds. The number of para-hydroxylation sites is 2. The number of nitrogens with zero attached hydrogens (tertiary/aromatic N) is 2. The Morgan fingerprint density at radius 3 is 2.25 bits per heavy atom. The number of hydrogen-bond donors (Lipinski definition) is 0. The zero-order valence-corrected chi connectivity index (χ0v) is 14.1. The molecule has 2 aromatic rings. The first-order valence-corrected chi connectivity index (χ1v) is 9.40. The first-order chi connectivity index (χ1) is 11.9. The van der Waals surface area contributed by atoms with Gasteiger partial charge in [-0.1, -0.05) is 36.4 Å². The van der Waals surface area contributed by atoms with Crippen LogP contribution in [0.3, 0.4) is 0 Å². The Kier molecular flexibility index (Phi) is 3.26. The highest BCUT2D eigenvalue weighted by molar-refractivity contribution is 5.79. The maximum Gasteiger partial charge on any atom is 0.244 e. The van der Waals surface area contributed by atoms with Gasteiger partial charge in [0.2, 0.25) is 6.34 Å². The SMILES string of the molecule is C1=[N+](c2ccccc2)[C@H]2CCCC23CCC[C@@H]3N1c1ccccc1. The van der Waals surface area contributed by atoms with Gasteiger partial charge < -0.3 is 0 Å². The van der Waals surface area contributed by atoms with Crippen LogP contribution in [0.4, 0.5) is 11.4 Å². The van der Waals surface area contributed by atoms with Crippen LogP contribution in [0.15, 0.2) is 60.7 Å². The second-order valence-electron chi connectivity index (χ2n) is 7.65. The van der Waals surface area contributed by atoms with Crippen LogP contribution in [0.2, 0.25) is 0 Å². The number of hydrogen-bond acceptors (Lipinski definition) is 1. The molecule has 24 heavy (non-hydrogen) atoms. The molecule has 1 heterocycles. The monoisotopic (exact) mass is 317 g/mol. The van der Waals surface area contributed by atoms with Crippen molar-refractivity contribution in [1.82, 2.24) is 0 Å². The van der Waals surface area contributed by atoms with E-state index in [1.165, 1.54) is 49.9 Å². The lowest BCUT2D eigenvalue weighted by Gasteiger charge is -2.42. The number of benzene rings is 2. The fourth-order valence-electron chi connectivity index (χ4n) is 5.66. The molecule has 2 fully saturated rings. The molecule has 2 saturated carbocycles. The summed E-state index contributed by atoms with van der Waals surface area (Å²) in [6.45, 7) is 0. The zero-order valence-electron chi connectivity index (χ0n) is 14.1. The lowest BCUT2D eigenvalue weighted by Crippen LogP contribution is -2.57. The van der Waals surface area contributed by atoms with Crippen molar-refractivity contribution in [2.24, 2.45) is 5.41 Å². The van der Waals surface area contributed by atoms with Crippen LogP contribution in [0.5, 0.6) is 0 Å². The van der Waals surface area contributed by atoms with Gasteiger partial charge in [0.15, 0.2) is 0 Å². The predicted octanol–water partition coefficient (Wildman–Crippen LogP) is 4.97. The fraction of sp³-hybridized carbons (Fsp3) is 0.409. The molecule has 1 unspecified atom stereocenters. The molecule has 122 valence electrons. The summed E-state index contributed by atoms with van der Waals surface area (Å²) in [6.07, 6.45) is 10.6. The molecule has 5 rings (SSSR count). The lowest BCUT2D eigenvalue weighted by atomic mass is 9.75. The Morgan fingerprint density at radius 1 is 0.833 bits per heavy atom. The molecule has 1 aliphatic heterocycles. The van der Waals surface area contributed by atoms with Crippen LogP contribution in [-0.4, -0.2) is 23.0 Å². The van der Waals surface area contributed by atoms with Crippen molar-refractivity contribution >= 4 is 17.7 Å². The van der Waals surface area contributed by atoms with Crippen molar-refractivity contribution in [3.63, 3.8) is 0 Å². The molecule has 0 saturated heterocycles. The summed E-state index contributed by atoms with van der Waals surface area (Å²) < 4.78 is 2.59. The van der Waals surface area contributed by atoms with E-state index in [1.807, 2.05) is 0 Å². The van der Waals surface area contributed by atoms with Crippen LogP contribution in [0.1, 0.15) is 38.5 Å². The molecule has 3 aliphatic rings. The van der Waals surface area contributed by atoms with Crippen LogP contribution in [0.25, 0.3) is 0 Å². The van der Waals surface area contributed by atoms with Crippen LogP contribution in [0, 0.1) is 5.41 Å². The average molecular weight is 317 g/mol. The summed E-state index contributed by atoms with van der Waals surface area (Å²) in [4.78, 5) is 2.59. The summed E-state index contributed by atoms with van der Waals surface area (Å²) in [6, 6.07) is 23.3. The summed E-state index contributed by atoms with van der Waals surface area (Å²) in [5, 5.41) is 0. The van der Waals surface area contributed by atoms with E-state index in [-0.39, 0.29) is 0 Å². The van der Waals surface area contributed by atoms with Crippen LogP contribution in [-0.2, 0) is 0 Å². The highest BCUT2D eigenvalue weighted by Gasteiger charge is 2.61. The van der Waals surface area contributed by atoms with E-state index in [9.17, 15) is 0 Å². The van der Waals surface area contributed by atoms with Gasteiger partial charge in [-0.2, -0.15) is 0 Å². The van der Waals surface area contributed by atoms with Crippen molar-refractivity contribution in [1.29, 1.82) is 0 Å². The van der Waals surface area contributed by atoms with Gasteiger partial charge in [-0.3, -0.25) is 0 Å². The molecule has 0 aromatic heterocycles. The smallest absolute Gasteiger partial charge is 0.230 e. The largest absolute Gasteiger partial charge is 0.244 e. The van der Waals surface area contributed by atoms with Gasteiger partial charge in [-0.05, 0) is 62.8 Å². The average Bonchev–Trinajstić information content (AvgIpc) is 3.27. The minimum Gasteiger partial charge on any atom is -0.230 e. The Bertz CT molecular complexity index is 748. The van der Waals surface area contributed by atoms with E-state index in [1.54, 1.807) is 0 Å². The van der Waals surface area contributed by atoms with Gasteiger partial charge >= 0.3 is 0 Å². The molecule has 2 aliphatic carbocycles. The first-order valence-electron chi connectivity index (χ1n) is 9.40. The first kappa shape index (κ1) is 14.3. The second-order valence-corrected chi connectivity index (χ2v) is 7.65. The van der Waals surface area contributed by atoms with Crippen LogP contribution < -0.4 is 4.90 Å². The quantitative estimate of drug-likeness (QED) is 0.709. The minimum atomic E-state index is 0.473. The lowest BCUT2D eigenvalue weighted by molar-refractivity contribution is -0.505. The standard InChI is InChI=1S/C22H25N2/c1-3-9-18(10-4-1)23-17-24(19-11-5-2-6-12-19)21-14-8-16-22(21)15-7-13-20(22)23/h1-6,9-12,17,20-21H,7-8,13-16H2/q+1/t20-,21-,22?/m0/s1. The molecular weight excluding hydrogens is 292 g/mol. The van der Waals surface area contributed by atoms with Crippen molar-refractivity contribution in [3.05, 3.63) is 60.7 Å². The van der Waals surface area contributed by atoms with Crippen LogP contribution >= 0.6 is 0 Å². The molecule has 3 atom stereocenters. The molecule has 0 radical (unpaired) electrons. The topological polar surface area (TPSA) is 6.25 Å². The van der Waals surface area contributed by atoms with E-state index in [0.29, 0.717) is 17.5 Å². The molecule has 0 N–H and O–H groups in total. The highest BCUT2D eigenvalue weighted by Crippen LogP contribution is 2.56. The number of rotatable bonds is 2. The van der Waals surface area contributed by atoms with E-state index in [2.05, 4.69) is 76.5 Å². The minimum absolute atomic E-state index is 0.473. The van der Waals surface area contributed by atoms with Crippen molar-refractivity contribution in [2.75, 3.05) is 4.90 Å². The molecule has 2 aromatic carbocycles. The van der Waals surface area contributed by atoms with Gasteiger partial charge in [-0.25, -0.2) is 9.48 Å². The van der Waals surface area contributed by atoms with Gasteiger partial charge in [0.1, 0.15) is 23.5 Å². The third-order valence-corrected chi connectivity index (χ3v) is 6.60. The van der Waals surface area contributed by atoms with Crippen molar-refractivity contribution in [3.8, 4) is 0 Å². The Labute approximate surface area is 144 Å². The van der Waals surface area contributed by atoms with E-state index in [4.69, 9.17) is 0 Å². The van der Waals surface area contributed by atoms with Crippen molar-refractivity contribution < 1.29 is 4.58 Å². The van der Waals surface area contributed by atoms with Gasteiger partial charge in [0, 0.05) is 0 Å². The summed E-state index contributed by atoms with van der Waals surface area (Å²) in [5.74, 6) is 0. The van der Waals surface area contributed by atoms with E-state index >= 15 is 0 Å². The molecule has 0 bridgehead atoms. The molecule has 2 nitrogen and oxygen atoms in total. The second kappa shape index (κ2) is 5.47. The van der Waals surface area contributed by atoms with Gasteiger partial charge in [-0.15, -0.1) is 0 Å². The summed E-state index contributed by atoms with van der Waals surface area (Å²) in [7, 11) is 0. The summed E-state index contributed by atoms with van der Waals surface area (Å²) in [5.41, 5.74) is 3.16. The molecule has 2 heteroatoms. The predicted molar refractivity (Wildman–Crippen MR) is 99.1 cm³/mol. The third kappa shape index (κ3) is 1.98. The Morgan fingerprint density at radius 2 is 1.50 bits per heavy atom. The number of anilines is 1. The maximum absolute atomic E-state index is 2.59. The fourth-order valence-corrected chi connectivity index (χ4v) is 5.66. The summed E-state index contributed by atoms with van der Waals surface area (Å²) >= 11 is 0. The zero-order chi connectivity index (χ0) is 16.0. The molecular formula is C22H25N2+. The van der Waals surface area contributed by atoms with E-state index in [0.717, 1.165) is 0 Å². The Hall–Kier alpha value is -2.09. The normalized spacial score (nSPS) is 31.5. The van der Waals surface area contributed by atoms with Crippen molar-refractivity contribution in [2.45, 2.75) is 50.6 Å². The third-order valence-electron chi connectivity index (χ3n) is 6.60. The molecule has 1 spiro atoms. The highest BCUT2D eigenvalue weighted by atomic mass is 15.3. The maximum atomic E-state index is 2.59. The van der Waals surface area contributed by atoms with Gasteiger partial charge in [0.05, 0.1) is 5.41 Å². The van der Waals surface area contributed by atoms with Gasteiger partial charge in [0.25, 0.3) is 0 Å². The Balaban J connectivity index is 1.68.